The van der Waals surface area contributed by atoms with Gasteiger partial charge >= 0.3 is 0 Å². The number of dihydropyridines is 1. The molecule has 130 valence electrons. The lowest BCUT2D eigenvalue weighted by atomic mass is 9.89. The predicted molar refractivity (Wildman–Crippen MR) is 108 cm³/mol. The van der Waals surface area contributed by atoms with Gasteiger partial charge in [-0.3, -0.25) is 0 Å². The van der Waals surface area contributed by atoms with Gasteiger partial charge in [0.15, 0.2) is 0 Å². The fraction of sp³-hybridized carbons (Fsp3) is 0.333. The van der Waals surface area contributed by atoms with Gasteiger partial charge in [-0.15, -0.1) is 0 Å². The van der Waals surface area contributed by atoms with Crippen molar-refractivity contribution in [2.24, 2.45) is 11.8 Å². The van der Waals surface area contributed by atoms with E-state index in [1.165, 1.54) is 27.8 Å². The molecule has 0 aliphatic carbocycles. The third kappa shape index (κ3) is 4.22. The van der Waals surface area contributed by atoms with Crippen LogP contribution in [-0.2, 0) is 6.42 Å². The quantitative estimate of drug-likeness (QED) is 0.678. The van der Waals surface area contributed by atoms with Gasteiger partial charge < -0.3 is 5.32 Å². The molecular weight excluding hydrogens is 302 g/mol. The van der Waals surface area contributed by atoms with Crippen molar-refractivity contribution in [1.82, 2.24) is 5.32 Å². The van der Waals surface area contributed by atoms with Crippen LogP contribution in [0.2, 0.25) is 0 Å². The fourth-order valence-electron chi connectivity index (χ4n) is 3.37. The van der Waals surface area contributed by atoms with Crippen LogP contribution in [0.4, 0.5) is 0 Å². The monoisotopic (exact) mass is 331 g/mol. The maximum Gasteiger partial charge on any atom is 0.0698 e. The van der Waals surface area contributed by atoms with E-state index in [0.717, 1.165) is 6.42 Å². The van der Waals surface area contributed by atoms with Gasteiger partial charge in [0.05, 0.1) is 6.04 Å². The number of benzene rings is 2. The summed E-state index contributed by atoms with van der Waals surface area (Å²) in [6.07, 6.45) is 7.88. The molecule has 0 saturated carbocycles. The number of hydrogen-bond acceptors (Lipinski definition) is 1. The van der Waals surface area contributed by atoms with E-state index in [2.05, 4.69) is 99.9 Å². The van der Waals surface area contributed by atoms with Crippen LogP contribution in [0.25, 0.3) is 11.1 Å². The largest absolute Gasteiger partial charge is 0.380 e. The summed E-state index contributed by atoms with van der Waals surface area (Å²) in [7, 11) is 0. The Hall–Kier alpha value is -2.28. The van der Waals surface area contributed by atoms with Crippen LogP contribution in [0.5, 0.6) is 0 Å². The molecule has 0 spiro atoms. The molecule has 1 aliphatic heterocycles. The summed E-state index contributed by atoms with van der Waals surface area (Å²) in [5.74, 6) is 1.20. The Morgan fingerprint density at radius 2 is 1.68 bits per heavy atom. The highest BCUT2D eigenvalue weighted by Crippen LogP contribution is 2.30. The first-order chi connectivity index (χ1) is 12.0. The van der Waals surface area contributed by atoms with Crippen molar-refractivity contribution in [3.05, 3.63) is 83.6 Å². The van der Waals surface area contributed by atoms with Gasteiger partial charge in [0.25, 0.3) is 0 Å². The molecule has 0 fully saturated rings. The second kappa shape index (κ2) is 7.74. The van der Waals surface area contributed by atoms with Crippen molar-refractivity contribution < 1.29 is 0 Å². The Kier molecular flexibility index (Phi) is 5.43. The van der Waals surface area contributed by atoms with Crippen LogP contribution in [0.1, 0.15) is 44.9 Å². The zero-order valence-electron chi connectivity index (χ0n) is 15.8. The molecule has 0 bridgehead atoms. The van der Waals surface area contributed by atoms with Crippen molar-refractivity contribution in [3.8, 4) is 11.1 Å². The first kappa shape index (κ1) is 17.5. The average Bonchev–Trinajstić information content (AvgIpc) is 2.62. The van der Waals surface area contributed by atoms with E-state index in [0.29, 0.717) is 11.8 Å². The molecule has 25 heavy (non-hydrogen) atoms. The minimum Gasteiger partial charge on any atom is -0.380 e. The first-order valence-electron chi connectivity index (χ1n) is 9.37. The molecule has 1 N–H and O–H groups in total. The summed E-state index contributed by atoms with van der Waals surface area (Å²) < 4.78 is 0. The van der Waals surface area contributed by atoms with Gasteiger partial charge in [-0.1, -0.05) is 82.3 Å². The molecule has 1 atom stereocenters. The molecule has 1 unspecified atom stereocenters. The summed E-state index contributed by atoms with van der Waals surface area (Å²) in [6, 6.07) is 17.8. The SMILES string of the molecule is CC(C)Cc1ccc(-c2ccccc2)cc1C1C=CC(C(C)C)=CN1. The standard InChI is InChI=1S/C24H29N/c1-17(2)14-21-11-10-20(19-8-6-5-7-9-19)15-23(21)24-13-12-22(16-25-24)18(3)4/h5-13,15-18,24-25H,14H2,1-4H3. The third-order valence-corrected chi connectivity index (χ3v) is 4.79. The molecule has 0 saturated heterocycles. The molecule has 2 aromatic carbocycles. The molecule has 1 nitrogen and oxygen atoms in total. The lowest BCUT2D eigenvalue weighted by Crippen LogP contribution is -2.20. The fourth-order valence-corrected chi connectivity index (χ4v) is 3.37. The summed E-state index contributed by atoms with van der Waals surface area (Å²) in [6.45, 7) is 9.04. The van der Waals surface area contributed by atoms with Gasteiger partial charge in [-0.25, -0.2) is 0 Å². The minimum absolute atomic E-state index is 0.250. The molecular formula is C24H29N. The van der Waals surface area contributed by atoms with E-state index < -0.39 is 0 Å². The minimum atomic E-state index is 0.250. The van der Waals surface area contributed by atoms with E-state index in [9.17, 15) is 0 Å². The molecule has 0 amide bonds. The summed E-state index contributed by atoms with van der Waals surface area (Å²) >= 11 is 0. The number of rotatable bonds is 5. The van der Waals surface area contributed by atoms with Crippen LogP contribution in [-0.4, -0.2) is 0 Å². The third-order valence-electron chi connectivity index (χ3n) is 4.79. The summed E-state index contributed by atoms with van der Waals surface area (Å²) in [4.78, 5) is 0. The molecule has 1 aliphatic rings. The second-order valence-corrected chi connectivity index (χ2v) is 7.68. The lowest BCUT2D eigenvalue weighted by Gasteiger charge is -2.24. The van der Waals surface area contributed by atoms with Crippen molar-refractivity contribution >= 4 is 0 Å². The second-order valence-electron chi connectivity index (χ2n) is 7.68. The zero-order chi connectivity index (χ0) is 17.8. The van der Waals surface area contributed by atoms with Gasteiger partial charge in [0.2, 0.25) is 0 Å². The van der Waals surface area contributed by atoms with Gasteiger partial charge in [0, 0.05) is 6.20 Å². The molecule has 3 rings (SSSR count). The highest BCUT2D eigenvalue weighted by molar-refractivity contribution is 5.65. The summed E-state index contributed by atoms with van der Waals surface area (Å²) in [5, 5.41) is 3.61. The number of nitrogens with one attached hydrogen (secondary N) is 1. The Labute approximate surface area is 152 Å². The topological polar surface area (TPSA) is 12.0 Å². The molecule has 0 radical (unpaired) electrons. The summed E-state index contributed by atoms with van der Waals surface area (Å²) in [5.41, 5.74) is 6.76. The van der Waals surface area contributed by atoms with Gasteiger partial charge in [0.1, 0.15) is 0 Å². The maximum absolute atomic E-state index is 3.61. The number of allylic oxidation sites excluding steroid dienone is 2. The van der Waals surface area contributed by atoms with Crippen LogP contribution in [0.3, 0.4) is 0 Å². The van der Waals surface area contributed by atoms with E-state index >= 15 is 0 Å². The van der Waals surface area contributed by atoms with Crippen molar-refractivity contribution in [1.29, 1.82) is 0 Å². The zero-order valence-corrected chi connectivity index (χ0v) is 15.8. The van der Waals surface area contributed by atoms with Crippen molar-refractivity contribution in [3.63, 3.8) is 0 Å². The smallest absolute Gasteiger partial charge is 0.0698 e. The molecule has 0 aromatic heterocycles. The van der Waals surface area contributed by atoms with E-state index in [1.54, 1.807) is 0 Å². The van der Waals surface area contributed by atoms with Crippen LogP contribution < -0.4 is 5.32 Å². The highest BCUT2D eigenvalue weighted by Gasteiger charge is 2.17. The first-order valence-corrected chi connectivity index (χ1v) is 9.37. The average molecular weight is 332 g/mol. The Balaban J connectivity index is 1.96. The predicted octanol–water partition coefficient (Wildman–Crippen LogP) is 6.29. The van der Waals surface area contributed by atoms with Gasteiger partial charge in [-0.2, -0.15) is 0 Å². The molecule has 1 heteroatoms. The normalized spacial score (nSPS) is 16.9. The lowest BCUT2D eigenvalue weighted by molar-refractivity contribution is 0.630. The van der Waals surface area contributed by atoms with Crippen LogP contribution in [0.15, 0.2) is 72.5 Å². The maximum atomic E-state index is 3.61. The van der Waals surface area contributed by atoms with Crippen molar-refractivity contribution in [2.75, 3.05) is 0 Å². The Morgan fingerprint density at radius 1 is 0.920 bits per heavy atom. The van der Waals surface area contributed by atoms with Gasteiger partial charge in [-0.05, 0) is 52.1 Å². The van der Waals surface area contributed by atoms with E-state index in [-0.39, 0.29) is 6.04 Å². The van der Waals surface area contributed by atoms with E-state index in [4.69, 9.17) is 0 Å². The highest BCUT2D eigenvalue weighted by atomic mass is 14.9. The molecule has 1 heterocycles. The Morgan fingerprint density at radius 3 is 2.28 bits per heavy atom. The molecule has 2 aromatic rings. The van der Waals surface area contributed by atoms with Crippen LogP contribution >= 0.6 is 0 Å². The van der Waals surface area contributed by atoms with E-state index in [1.807, 2.05) is 0 Å². The Bertz CT molecular complexity index is 766. The number of hydrogen-bond donors (Lipinski definition) is 1. The van der Waals surface area contributed by atoms with Crippen molar-refractivity contribution in [2.45, 2.75) is 40.2 Å². The van der Waals surface area contributed by atoms with Crippen LogP contribution in [0, 0.1) is 11.8 Å².